The van der Waals surface area contributed by atoms with E-state index in [0.717, 1.165) is 36.4 Å². The Morgan fingerprint density at radius 2 is 1.69 bits per heavy atom. The largest absolute Gasteiger partial charge is 0.367 e. The molecule has 1 aromatic carbocycles. The van der Waals surface area contributed by atoms with Gasteiger partial charge < -0.3 is 14.4 Å². The summed E-state index contributed by atoms with van der Waals surface area (Å²) in [4.78, 5) is 32.0. The normalized spacial score (nSPS) is 14.3. The molecular formula is C23H22N4O2. The van der Waals surface area contributed by atoms with Gasteiger partial charge in [-0.3, -0.25) is 9.59 Å². The van der Waals surface area contributed by atoms with Crippen LogP contribution in [0.2, 0.25) is 0 Å². The molecular weight excluding hydrogens is 364 g/mol. The minimum absolute atomic E-state index is 0.00495. The van der Waals surface area contributed by atoms with Crippen molar-refractivity contribution >= 4 is 24.0 Å². The van der Waals surface area contributed by atoms with Crippen LogP contribution in [0.1, 0.15) is 15.9 Å². The minimum atomic E-state index is 0.00495. The SMILES string of the molecule is O=C/C=C/c1ccccc1N1CCN(C(=O)c2ccc(-n3cccc3)nc2)CC1. The first-order chi connectivity index (χ1) is 14.3. The maximum Gasteiger partial charge on any atom is 0.255 e. The molecule has 146 valence electrons. The van der Waals surface area contributed by atoms with Crippen molar-refractivity contribution in [3.05, 3.63) is 84.3 Å². The van der Waals surface area contributed by atoms with Crippen molar-refractivity contribution in [2.75, 3.05) is 31.1 Å². The fourth-order valence-corrected chi connectivity index (χ4v) is 3.54. The number of amides is 1. The number of benzene rings is 1. The van der Waals surface area contributed by atoms with E-state index in [2.05, 4.69) is 9.88 Å². The van der Waals surface area contributed by atoms with Crippen LogP contribution in [0.4, 0.5) is 5.69 Å². The van der Waals surface area contributed by atoms with E-state index in [-0.39, 0.29) is 5.91 Å². The summed E-state index contributed by atoms with van der Waals surface area (Å²) in [5.41, 5.74) is 2.68. The molecule has 1 saturated heterocycles. The molecule has 29 heavy (non-hydrogen) atoms. The van der Waals surface area contributed by atoms with Crippen LogP contribution in [0.25, 0.3) is 11.9 Å². The van der Waals surface area contributed by atoms with Crippen LogP contribution in [0.3, 0.4) is 0 Å². The third-order valence-electron chi connectivity index (χ3n) is 5.06. The molecule has 0 saturated carbocycles. The molecule has 6 nitrogen and oxygen atoms in total. The maximum absolute atomic E-state index is 12.9. The fourth-order valence-electron chi connectivity index (χ4n) is 3.54. The van der Waals surface area contributed by atoms with E-state index in [0.29, 0.717) is 18.7 Å². The minimum Gasteiger partial charge on any atom is -0.367 e. The molecule has 0 atom stereocenters. The van der Waals surface area contributed by atoms with Crippen LogP contribution in [0.5, 0.6) is 0 Å². The summed E-state index contributed by atoms with van der Waals surface area (Å²) in [5, 5.41) is 0. The van der Waals surface area contributed by atoms with Crippen LogP contribution in [-0.4, -0.2) is 52.8 Å². The number of allylic oxidation sites excluding steroid dienone is 1. The van der Waals surface area contributed by atoms with E-state index in [1.807, 2.05) is 76.5 Å². The molecule has 0 bridgehead atoms. The second kappa shape index (κ2) is 8.56. The van der Waals surface area contributed by atoms with E-state index in [1.165, 1.54) is 6.08 Å². The highest BCUT2D eigenvalue weighted by atomic mass is 16.2. The Hall–Kier alpha value is -3.67. The highest BCUT2D eigenvalue weighted by Crippen LogP contribution is 2.23. The maximum atomic E-state index is 12.9. The number of hydrogen-bond donors (Lipinski definition) is 0. The average Bonchev–Trinajstić information content (AvgIpc) is 3.33. The molecule has 1 amide bonds. The van der Waals surface area contributed by atoms with Gasteiger partial charge in [-0.25, -0.2) is 4.98 Å². The first kappa shape index (κ1) is 18.7. The quantitative estimate of drug-likeness (QED) is 0.500. The topological polar surface area (TPSA) is 58.4 Å². The number of para-hydroxylation sites is 1. The van der Waals surface area contributed by atoms with Crippen molar-refractivity contribution in [2.24, 2.45) is 0 Å². The lowest BCUT2D eigenvalue weighted by molar-refractivity contribution is -0.104. The number of anilines is 1. The number of piperazine rings is 1. The zero-order valence-electron chi connectivity index (χ0n) is 16.0. The molecule has 6 heteroatoms. The van der Waals surface area contributed by atoms with E-state index in [4.69, 9.17) is 0 Å². The lowest BCUT2D eigenvalue weighted by atomic mass is 10.1. The van der Waals surface area contributed by atoms with Crippen molar-refractivity contribution in [3.63, 3.8) is 0 Å². The number of pyridine rings is 1. The lowest BCUT2D eigenvalue weighted by Crippen LogP contribution is -2.49. The summed E-state index contributed by atoms with van der Waals surface area (Å²) < 4.78 is 1.91. The van der Waals surface area contributed by atoms with Crippen LogP contribution < -0.4 is 4.90 Å². The predicted molar refractivity (Wildman–Crippen MR) is 113 cm³/mol. The summed E-state index contributed by atoms with van der Waals surface area (Å²) in [6, 6.07) is 15.5. The van der Waals surface area contributed by atoms with Crippen LogP contribution in [0.15, 0.2) is 73.2 Å². The van der Waals surface area contributed by atoms with Crippen molar-refractivity contribution in [3.8, 4) is 5.82 Å². The van der Waals surface area contributed by atoms with Gasteiger partial charge in [0.25, 0.3) is 5.91 Å². The number of aromatic nitrogens is 2. The van der Waals surface area contributed by atoms with Gasteiger partial charge in [0, 0.05) is 50.5 Å². The highest BCUT2D eigenvalue weighted by Gasteiger charge is 2.23. The standard InChI is InChI=1S/C23H22N4O2/c28-17-5-7-19-6-1-2-8-21(19)25-13-15-27(16-14-25)23(29)20-9-10-22(24-18-20)26-11-3-4-12-26/h1-12,17-18H,13-16H2/b7-5+. The van der Waals surface area contributed by atoms with Crippen LogP contribution >= 0.6 is 0 Å². The average molecular weight is 386 g/mol. The Bertz CT molecular complexity index is 1000. The van der Waals surface area contributed by atoms with Gasteiger partial charge in [0.1, 0.15) is 12.1 Å². The molecule has 2 aromatic heterocycles. The molecule has 0 unspecified atom stereocenters. The van der Waals surface area contributed by atoms with E-state index in [1.54, 1.807) is 6.20 Å². The van der Waals surface area contributed by atoms with Gasteiger partial charge in [0.15, 0.2) is 0 Å². The van der Waals surface area contributed by atoms with E-state index < -0.39 is 0 Å². The molecule has 1 aliphatic heterocycles. The molecule has 1 aliphatic rings. The molecule has 0 aliphatic carbocycles. The van der Waals surface area contributed by atoms with Crippen molar-refractivity contribution in [1.82, 2.24) is 14.5 Å². The Labute approximate surface area is 169 Å². The summed E-state index contributed by atoms with van der Waals surface area (Å²) in [5.74, 6) is 0.793. The van der Waals surface area contributed by atoms with Gasteiger partial charge in [0.2, 0.25) is 0 Å². The number of rotatable bonds is 5. The number of carbonyl (C=O) groups excluding carboxylic acids is 2. The van der Waals surface area contributed by atoms with Gasteiger partial charge in [-0.2, -0.15) is 0 Å². The third-order valence-corrected chi connectivity index (χ3v) is 5.06. The molecule has 0 N–H and O–H groups in total. The van der Waals surface area contributed by atoms with Crippen molar-refractivity contribution in [2.45, 2.75) is 0 Å². The second-order valence-corrected chi connectivity index (χ2v) is 6.83. The molecule has 3 heterocycles. The van der Waals surface area contributed by atoms with Gasteiger partial charge in [0.05, 0.1) is 5.56 Å². The van der Waals surface area contributed by atoms with Gasteiger partial charge in [-0.05, 0) is 48.0 Å². The molecule has 0 spiro atoms. The Kier molecular flexibility index (Phi) is 5.52. The molecule has 1 fully saturated rings. The second-order valence-electron chi connectivity index (χ2n) is 6.83. The molecule has 0 radical (unpaired) electrons. The first-order valence-electron chi connectivity index (χ1n) is 9.61. The molecule has 3 aromatic rings. The monoisotopic (exact) mass is 386 g/mol. The van der Waals surface area contributed by atoms with Crippen LogP contribution in [-0.2, 0) is 4.79 Å². The zero-order valence-corrected chi connectivity index (χ0v) is 16.0. The third kappa shape index (κ3) is 4.11. The zero-order chi connectivity index (χ0) is 20.1. The summed E-state index contributed by atoms with van der Waals surface area (Å²) in [7, 11) is 0. The summed E-state index contributed by atoms with van der Waals surface area (Å²) in [6.45, 7) is 2.77. The van der Waals surface area contributed by atoms with Crippen LogP contribution in [0, 0.1) is 0 Å². The number of hydrogen-bond acceptors (Lipinski definition) is 4. The smallest absolute Gasteiger partial charge is 0.255 e. The highest BCUT2D eigenvalue weighted by molar-refractivity contribution is 5.94. The molecule has 4 rings (SSSR count). The lowest BCUT2D eigenvalue weighted by Gasteiger charge is -2.36. The Morgan fingerprint density at radius 3 is 2.38 bits per heavy atom. The number of carbonyl (C=O) groups is 2. The summed E-state index contributed by atoms with van der Waals surface area (Å²) >= 11 is 0. The first-order valence-corrected chi connectivity index (χ1v) is 9.61. The Balaban J connectivity index is 1.41. The predicted octanol–water partition coefficient (Wildman–Crippen LogP) is 3.05. The summed E-state index contributed by atoms with van der Waals surface area (Å²) in [6.07, 6.45) is 9.59. The number of aldehydes is 1. The van der Waals surface area contributed by atoms with Crippen molar-refractivity contribution < 1.29 is 9.59 Å². The fraction of sp³-hybridized carbons (Fsp3) is 0.174. The van der Waals surface area contributed by atoms with Gasteiger partial charge in [-0.1, -0.05) is 18.2 Å². The number of nitrogens with zero attached hydrogens (tertiary/aromatic N) is 4. The van der Waals surface area contributed by atoms with Gasteiger partial charge >= 0.3 is 0 Å². The Morgan fingerprint density at radius 1 is 0.931 bits per heavy atom. The van der Waals surface area contributed by atoms with Gasteiger partial charge in [-0.15, -0.1) is 0 Å². The van der Waals surface area contributed by atoms with E-state index in [9.17, 15) is 9.59 Å². The van der Waals surface area contributed by atoms with E-state index >= 15 is 0 Å². The van der Waals surface area contributed by atoms with Crippen molar-refractivity contribution in [1.29, 1.82) is 0 Å².